The van der Waals surface area contributed by atoms with Crippen LogP contribution in [0.25, 0.3) is 0 Å². The zero-order valence-electron chi connectivity index (χ0n) is 16.2. The number of benzene rings is 1. The van der Waals surface area contributed by atoms with Crippen molar-refractivity contribution in [2.45, 2.75) is 12.5 Å². The highest BCUT2D eigenvalue weighted by Gasteiger charge is 2.39. The van der Waals surface area contributed by atoms with Gasteiger partial charge >= 0.3 is 0 Å². The van der Waals surface area contributed by atoms with Crippen molar-refractivity contribution in [3.63, 3.8) is 0 Å². The quantitative estimate of drug-likeness (QED) is 0.808. The van der Waals surface area contributed by atoms with Crippen molar-refractivity contribution in [2.24, 2.45) is 7.05 Å². The highest BCUT2D eigenvalue weighted by atomic mass is 16.5. The summed E-state index contributed by atoms with van der Waals surface area (Å²) in [6.07, 6.45) is 2.30. The van der Waals surface area contributed by atoms with Gasteiger partial charge in [-0.1, -0.05) is 6.07 Å². The third kappa shape index (κ3) is 3.11. The van der Waals surface area contributed by atoms with Crippen molar-refractivity contribution in [1.82, 2.24) is 19.6 Å². The molecule has 1 aliphatic heterocycles. The molecule has 0 radical (unpaired) electrons. The van der Waals surface area contributed by atoms with Crippen LogP contribution in [0.5, 0.6) is 11.5 Å². The van der Waals surface area contributed by atoms with Crippen LogP contribution < -0.4 is 9.47 Å². The van der Waals surface area contributed by atoms with Crippen LogP contribution in [0.3, 0.4) is 0 Å². The third-order valence-electron chi connectivity index (χ3n) is 4.86. The first-order chi connectivity index (χ1) is 12.9. The maximum absolute atomic E-state index is 13.4. The first-order valence-corrected chi connectivity index (χ1v) is 8.64. The monoisotopic (exact) mass is 372 g/mol. The fourth-order valence-electron chi connectivity index (χ4n) is 3.48. The molecule has 0 saturated heterocycles. The molecule has 8 nitrogen and oxygen atoms in total. The number of amides is 2. The molecular formula is C19H24N4O4. The van der Waals surface area contributed by atoms with E-state index >= 15 is 0 Å². The summed E-state index contributed by atoms with van der Waals surface area (Å²) in [4.78, 5) is 29.4. The van der Waals surface area contributed by atoms with Crippen molar-refractivity contribution >= 4 is 11.8 Å². The van der Waals surface area contributed by atoms with Crippen LogP contribution >= 0.6 is 0 Å². The van der Waals surface area contributed by atoms with Crippen molar-refractivity contribution in [1.29, 1.82) is 0 Å². The lowest BCUT2D eigenvalue weighted by atomic mass is 9.96. The van der Waals surface area contributed by atoms with Gasteiger partial charge in [0, 0.05) is 45.4 Å². The van der Waals surface area contributed by atoms with Gasteiger partial charge in [-0.25, -0.2) is 0 Å². The molecule has 1 aromatic carbocycles. The summed E-state index contributed by atoms with van der Waals surface area (Å²) in [6, 6.07) is 4.42. The molecule has 2 amide bonds. The molecule has 0 spiro atoms. The number of ether oxygens (including phenoxy) is 2. The lowest BCUT2D eigenvalue weighted by molar-refractivity contribution is -0.134. The van der Waals surface area contributed by atoms with E-state index in [4.69, 9.17) is 9.47 Å². The lowest BCUT2D eigenvalue weighted by Gasteiger charge is -2.36. The Morgan fingerprint density at radius 1 is 1.22 bits per heavy atom. The zero-order chi connectivity index (χ0) is 19.7. The van der Waals surface area contributed by atoms with E-state index in [1.807, 2.05) is 7.05 Å². The number of rotatable bonds is 4. The Kier molecular flexibility index (Phi) is 5.07. The number of hydrogen-bond acceptors (Lipinski definition) is 5. The predicted octanol–water partition coefficient (Wildman–Crippen LogP) is 1.27. The van der Waals surface area contributed by atoms with Gasteiger partial charge in [0.15, 0.2) is 11.5 Å². The Bertz CT molecular complexity index is 875. The van der Waals surface area contributed by atoms with E-state index in [1.54, 1.807) is 48.1 Å². The summed E-state index contributed by atoms with van der Waals surface area (Å²) < 4.78 is 12.5. The molecule has 0 N–H and O–H groups in total. The molecule has 1 aromatic heterocycles. The molecule has 1 unspecified atom stereocenters. The number of methoxy groups -OCH3 is 2. The number of para-hydroxylation sites is 1. The largest absolute Gasteiger partial charge is 0.493 e. The highest BCUT2D eigenvalue weighted by Crippen LogP contribution is 2.36. The molecule has 0 bridgehead atoms. The average Bonchev–Trinajstić information content (AvgIpc) is 3.06. The number of hydrogen-bond donors (Lipinski definition) is 0. The topological polar surface area (TPSA) is 76.9 Å². The maximum Gasteiger partial charge on any atom is 0.258 e. The standard InChI is InChI=1S/C19H24N4O4/c1-21(2)19(25)16-13-11-20-22(3)14(13)9-10-23(16)18(24)12-7-6-8-15(26-4)17(12)27-5/h6-8,11,16H,9-10H2,1-5H3. The molecule has 1 atom stereocenters. The maximum atomic E-state index is 13.4. The van der Waals surface area contributed by atoms with Crippen LogP contribution in [0.1, 0.15) is 27.7 Å². The van der Waals surface area contributed by atoms with E-state index in [9.17, 15) is 9.59 Å². The van der Waals surface area contributed by atoms with Gasteiger partial charge in [-0.15, -0.1) is 0 Å². The van der Waals surface area contributed by atoms with Crippen molar-refractivity contribution in [2.75, 3.05) is 34.9 Å². The predicted molar refractivity (Wildman–Crippen MR) is 98.9 cm³/mol. The SMILES string of the molecule is COc1cccc(C(=O)N2CCc3c(cnn3C)C2C(=O)N(C)C)c1OC. The number of carbonyl (C=O) groups excluding carboxylic acids is 2. The van der Waals surface area contributed by atoms with Crippen LogP contribution in [-0.4, -0.2) is 66.3 Å². The van der Waals surface area contributed by atoms with Crippen LogP contribution in [0.15, 0.2) is 24.4 Å². The smallest absolute Gasteiger partial charge is 0.258 e. The fourth-order valence-corrected chi connectivity index (χ4v) is 3.48. The van der Waals surface area contributed by atoms with Gasteiger partial charge in [-0.2, -0.15) is 5.10 Å². The first-order valence-electron chi connectivity index (χ1n) is 8.64. The Balaban J connectivity index is 2.07. The fraction of sp³-hybridized carbons (Fsp3) is 0.421. The molecule has 0 fully saturated rings. The summed E-state index contributed by atoms with van der Waals surface area (Å²) in [5.74, 6) is 0.385. The highest BCUT2D eigenvalue weighted by molar-refractivity contribution is 6.01. The number of nitrogens with zero attached hydrogens (tertiary/aromatic N) is 4. The van der Waals surface area contributed by atoms with Gasteiger partial charge < -0.3 is 19.3 Å². The van der Waals surface area contributed by atoms with Gasteiger partial charge in [-0.3, -0.25) is 14.3 Å². The number of carbonyl (C=O) groups is 2. The minimum Gasteiger partial charge on any atom is -0.493 e. The summed E-state index contributed by atoms with van der Waals surface area (Å²) >= 11 is 0. The number of aromatic nitrogens is 2. The molecule has 0 aliphatic carbocycles. The molecule has 27 heavy (non-hydrogen) atoms. The van der Waals surface area contributed by atoms with E-state index < -0.39 is 6.04 Å². The average molecular weight is 372 g/mol. The second-order valence-electron chi connectivity index (χ2n) is 6.60. The normalized spacial score (nSPS) is 15.9. The van der Waals surface area contributed by atoms with E-state index in [1.165, 1.54) is 19.1 Å². The second kappa shape index (κ2) is 7.30. The van der Waals surface area contributed by atoms with Crippen molar-refractivity contribution in [3.8, 4) is 11.5 Å². The minimum atomic E-state index is -0.721. The summed E-state index contributed by atoms with van der Waals surface area (Å²) in [5, 5.41) is 4.28. The zero-order valence-corrected chi connectivity index (χ0v) is 16.2. The van der Waals surface area contributed by atoms with E-state index in [2.05, 4.69) is 5.10 Å². The van der Waals surface area contributed by atoms with Gasteiger partial charge in [0.1, 0.15) is 6.04 Å². The molecule has 1 aliphatic rings. The van der Waals surface area contributed by atoms with Crippen LogP contribution in [-0.2, 0) is 18.3 Å². The van der Waals surface area contributed by atoms with E-state index in [0.717, 1.165) is 11.3 Å². The number of aryl methyl sites for hydroxylation is 1. The molecule has 2 heterocycles. The Labute approximate surface area is 158 Å². The second-order valence-corrected chi connectivity index (χ2v) is 6.60. The molecule has 3 rings (SSSR count). The van der Waals surface area contributed by atoms with Crippen molar-refractivity contribution < 1.29 is 19.1 Å². The van der Waals surface area contributed by atoms with Gasteiger partial charge in [0.2, 0.25) is 5.91 Å². The van der Waals surface area contributed by atoms with Crippen LogP contribution in [0.2, 0.25) is 0 Å². The van der Waals surface area contributed by atoms with Crippen LogP contribution in [0, 0.1) is 0 Å². The van der Waals surface area contributed by atoms with Gasteiger partial charge in [0.05, 0.1) is 26.0 Å². The molecule has 144 valence electrons. The Hall–Kier alpha value is -3.03. The van der Waals surface area contributed by atoms with Crippen LogP contribution in [0.4, 0.5) is 0 Å². The molecule has 0 saturated carbocycles. The lowest BCUT2D eigenvalue weighted by Crippen LogP contribution is -2.47. The number of likely N-dealkylation sites (N-methyl/N-ethyl adjacent to an activating group) is 1. The molecule has 8 heteroatoms. The Morgan fingerprint density at radius 2 is 1.96 bits per heavy atom. The summed E-state index contributed by atoms with van der Waals surface area (Å²) in [5.41, 5.74) is 2.09. The van der Waals surface area contributed by atoms with E-state index in [-0.39, 0.29) is 11.8 Å². The van der Waals surface area contributed by atoms with E-state index in [0.29, 0.717) is 30.0 Å². The van der Waals surface area contributed by atoms with Gasteiger partial charge in [-0.05, 0) is 12.1 Å². The van der Waals surface area contributed by atoms with Gasteiger partial charge in [0.25, 0.3) is 5.91 Å². The molecule has 2 aromatic rings. The summed E-state index contributed by atoms with van der Waals surface area (Å²) in [7, 11) is 8.22. The first kappa shape index (κ1) is 18.8. The Morgan fingerprint density at radius 3 is 2.59 bits per heavy atom. The number of fused-ring (bicyclic) bond motifs is 1. The summed E-state index contributed by atoms with van der Waals surface area (Å²) in [6.45, 7) is 0.413. The third-order valence-corrected chi connectivity index (χ3v) is 4.86. The molecular weight excluding hydrogens is 348 g/mol. The minimum absolute atomic E-state index is 0.167. The van der Waals surface area contributed by atoms with Crippen molar-refractivity contribution in [3.05, 3.63) is 41.2 Å².